The zero-order valence-corrected chi connectivity index (χ0v) is 14.2. The van der Waals surface area contributed by atoms with E-state index in [1.807, 2.05) is 37.1 Å². The van der Waals surface area contributed by atoms with Crippen molar-refractivity contribution >= 4 is 27.5 Å². The van der Waals surface area contributed by atoms with Gasteiger partial charge in [0.2, 0.25) is 5.91 Å². The number of nitrogens with one attached hydrogen (secondary N) is 1. The summed E-state index contributed by atoms with van der Waals surface area (Å²) < 4.78 is 0.999. The van der Waals surface area contributed by atoms with E-state index in [0.29, 0.717) is 6.54 Å². The summed E-state index contributed by atoms with van der Waals surface area (Å²) in [6, 6.07) is 5.77. The Morgan fingerprint density at radius 2 is 2.10 bits per heavy atom. The molecule has 0 aromatic heterocycles. The van der Waals surface area contributed by atoms with Crippen LogP contribution in [-0.2, 0) is 4.79 Å². The molecular weight excluding hydrogens is 332 g/mol. The van der Waals surface area contributed by atoms with E-state index in [4.69, 9.17) is 0 Å². The summed E-state index contributed by atoms with van der Waals surface area (Å²) in [4.78, 5) is 14.0. The van der Waals surface area contributed by atoms with Crippen LogP contribution in [0.3, 0.4) is 0 Å². The first kappa shape index (κ1) is 16.5. The molecule has 2 N–H and O–H groups in total. The lowest BCUT2D eigenvalue weighted by Crippen LogP contribution is -2.42. The van der Waals surface area contributed by atoms with E-state index in [-0.39, 0.29) is 12.5 Å². The lowest BCUT2D eigenvalue weighted by atomic mass is 10.0. The second-order valence-electron chi connectivity index (χ2n) is 6.11. The maximum Gasteiger partial charge on any atom is 0.238 e. The van der Waals surface area contributed by atoms with Crippen LogP contribution in [0, 0.1) is 6.92 Å². The van der Waals surface area contributed by atoms with Crippen molar-refractivity contribution in [1.29, 1.82) is 0 Å². The molecule has 1 saturated carbocycles. The smallest absolute Gasteiger partial charge is 0.238 e. The molecular formula is C16H23BrN2O2. The van der Waals surface area contributed by atoms with Crippen molar-refractivity contribution < 1.29 is 9.90 Å². The van der Waals surface area contributed by atoms with Gasteiger partial charge in [0.15, 0.2) is 0 Å². The second-order valence-corrected chi connectivity index (χ2v) is 7.03. The molecule has 21 heavy (non-hydrogen) atoms. The molecule has 1 aromatic carbocycles. The molecule has 0 unspecified atom stereocenters. The number of hydrogen-bond donors (Lipinski definition) is 2. The zero-order valence-electron chi connectivity index (χ0n) is 12.7. The molecule has 1 aliphatic rings. The van der Waals surface area contributed by atoms with Gasteiger partial charge in [-0.15, -0.1) is 0 Å². The number of benzene rings is 1. The number of nitrogens with zero attached hydrogens (tertiary/aromatic N) is 1. The Hall–Kier alpha value is -0.910. The summed E-state index contributed by atoms with van der Waals surface area (Å²) in [5, 5.41) is 13.3. The van der Waals surface area contributed by atoms with E-state index in [1.165, 1.54) is 0 Å². The topological polar surface area (TPSA) is 52.6 Å². The standard InChI is InChI=1S/C16H23BrN2O2/c1-12-9-13(17)5-6-14(12)18-15(20)10-19(2)11-16(21)7-3-4-8-16/h5-6,9,21H,3-4,7-8,10-11H2,1-2H3,(H,18,20). The van der Waals surface area contributed by atoms with Crippen LogP contribution in [0.25, 0.3) is 0 Å². The van der Waals surface area contributed by atoms with Gasteiger partial charge in [0.25, 0.3) is 0 Å². The second kappa shape index (κ2) is 6.90. The summed E-state index contributed by atoms with van der Waals surface area (Å²) in [6.45, 7) is 2.81. The molecule has 0 saturated heterocycles. The average Bonchev–Trinajstić information content (AvgIpc) is 2.78. The van der Waals surface area contributed by atoms with Gasteiger partial charge >= 0.3 is 0 Å². The van der Waals surface area contributed by atoms with Crippen molar-refractivity contribution in [3.8, 4) is 0 Å². The molecule has 1 aromatic rings. The SMILES string of the molecule is Cc1cc(Br)ccc1NC(=O)CN(C)CC1(O)CCCC1. The molecule has 1 amide bonds. The van der Waals surface area contributed by atoms with Crippen molar-refractivity contribution in [2.24, 2.45) is 0 Å². The quantitative estimate of drug-likeness (QED) is 0.854. The number of carbonyl (C=O) groups excluding carboxylic acids is 1. The lowest BCUT2D eigenvalue weighted by molar-refractivity contribution is -0.117. The van der Waals surface area contributed by atoms with Crippen LogP contribution in [0.4, 0.5) is 5.69 Å². The van der Waals surface area contributed by atoms with Gasteiger partial charge in [-0.2, -0.15) is 0 Å². The highest BCUT2D eigenvalue weighted by Crippen LogP contribution is 2.29. The zero-order chi connectivity index (χ0) is 15.5. The van der Waals surface area contributed by atoms with E-state index >= 15 is 0 Å². The molecule has 0 aliphatic heterocycles. The highest BCUT2D eigenvalue weighted by molar-refractivity contribution is 9.10. The number of aryl methyl sites for hydroxylation is 1. The largest absolute Gasteiger partial charge is 0.389 e. The van der Waals surface area contributed by atoms with Crippen molar-refractivity contribution in [2.75, 3.05) is 25.5 Å². The summed E-state index contributed by atoms with van der Waals surface area (Å²) in [5.41, 5.74) is 1.24. The van der Waals surface area contributed by atoms with Crippen molar-refractivity contribution in [3.63, 3.8) is 0 Å². The van der Waals surface area contributed by atoms with Crippen molar-refractivity contribution in [2.45, 2.75) is 38.2 Å². The number of amides is 1. The maximum atomic E-state index is 12.1. The van der Waals surface area contributed by atoms with Crippen LogP contribution >= 0.6 is 15.9 Å². The first-order valence-electron chi connectivity index (χ1n) is 7.35. The molecule has 0 spiro atoms. The minimum atomic E-state index is -0.609. The number of rotatable bonds is 5. The summed E-state index contributed by atoms with van der Waals surface area (Å²) >= 11 is 3.41. The predicted octanol–water partition coefficient (Wildman–Crippen LogP) is 2.93. The molecule has 0 bridgehead atoms. The Balaban J connectivity index is 1.86. The summed E-state index contributed by atoms with van der Waals surface area (Å²) in [7, 11) is 1.88. The highest BCUT2D eigenvalue weighted by atomic mass is 79.9. The van der Waals surface area contributed by atoms with Gasteiger partial charge in [-0.1, -0.05) is 28.8 Å². The van der Waals surface area contributed by atoms with E-state index in [2.05, 4.69) is 21.2 Å². The third kappa shape index (κ3) is 4.80. The Bertz CT molecular complexity index is 513. The van der Waals surface area contributed by atoms with Gasteiger partial charge < -0.3 is 10.4 Å². The fourth-order valence-corrected chi connectivity index (χ4v) is 3.43. The number of aliphatic hydroxyl groups is 1. The molecule has 1 fully saturated rings. The van der Waals surface area contributed by atoms with E-state index in [1.54, 1.807) is 0 Å². The third-order valence-corrected chi connectivity index (χ3v) is 4.47. The summed E-state index contributed by atoms with van der Waals surface area (Å²) in [6.07, 6.45) is 3.83. The molecule has 0 atom stereocenters. The maximum absolute atomic E-state index is 12.1. The Kier molecular flexibility index (Phi) is 5.41. The Morgan fingerprint density at radius 1 is 1.43 bits per heavy atom. The number of hydrogen-bond acceptors (Lipinski definition) is 3. The Labute approximate surface area is 134 Å². The van der Waals surface area contributed by atoms with Gasteiger partial charge in [-0.25, -0.2) is 0 Å². The van der Waals surface area contributed by atoms with Gasteiger partial charge in [-0.3, -0.25) is 9.69 Å². The number of halogens is 1. The fourth-order valence-electron chi connectivity index (χ4n) is 2.95. The number of carbonyl (C=O) groups is 1. The number of likely N-dealkylation sites (N-methyl/N-ethyl adjacent to an activating group) is 1. The highest BCUT2D eigenvalue weighted by Gasteiger charge is 2.32. The van der Waals surface area contributed by atoms with Crippen molar-refractivity contribution in [3.05, 3.63) is 28.2 Å². The van der Waals surface area contributed by atoms with Crippen LogP contribution < -0.4 is 5.32 Å². The first-order valence-corrected chi connectivity index (χ1v) is 8.14. The van der Waals surface area contributed by atoms with Gasteiger partial charge in [0.1, 0.15) is 0 Å². The molecule has 4 nitrogen and oxygen atoms in total. The molecule has 5 heteroatoms. The third-order valence-electron chi connectivity index (χ3n) is 3.97. The van der Waals surface area contributed by atoms with Gasteiger partial charge in [0, 0.05) is 16.7 Å². The molecule has 0 heterocycles. The van der Waals surface area contributed by atoms with Crippen LogP contribution in [0.15, 0.2) is 22.7 Å². The van der Waals surface area contributed by atoms with E-state index in [0.717, 1.165) is 41.4 Å². The van der Waals surface area contributed by atoms with Crippen LogP contribution in [-0.4, -0.2) is 41.7 Å². The van der Waals surface area contributed by atoms with E-state index in [9.17, 15) is 9.90 Å². The minimum Gasteiger partial charge on any atom is -0.389 e. The molecule has 2 rings (SSSR count). The summed E-state index contributed by atoms with van der Waals surface area (Å²) in [5.74, 6) is -0.0514. The van der Waals surface area contributed by atoms with E-state index < -0.39 is 5.60 Å². The number of anilines is 1. The average molecular weight is 355 g/mol. The predicted molar refractivity (Wildman–Crippen MR) is 88.4 cm³/mol. The molecule has 0 radical (unpaired) electrons. The molecule has 116 valence electrons. The Morgan fingerprint density at radius 3 is 2.71 bits per heavy atom. The van der Waals surface area contributed by atoms with Gasteiger partial charge in [0.05, 0.1) is 12.1 Å². The van der Waals surface area contributed by atoms with Gasteiger partial charge in [-0.05, 0) is 50.6 Å². The fraction of sp³-hybridized carbons (Fsp3) is 0.562. The van der Waals surface area contributed by atoms with Crippen molar-refractivity contribution in [1.82, 2.24) is 4.90 Å². The van der Waals surface area contributed by atoms with Crippen LogP contribution in [0.1, 0.15) is 31.2 Å². The van der Waals surface area contributed by atoms with Crippen LogP contribution in [0.2, 0.25) is 0 Å². The molecule has 1 aliphatic carbocycles. The minimum absolute atomic E-state index is 0.0514. The first-order chi connectivity index (χ1) is 9.88. The normalized spacial score (nSPS) is 17.2. The monoisotopic (exact) mass is 354 g/mol. The lowest BCUT2D eigenvalue weighted by Gasteiger charge is -2.28. The van der Waals surface area contributed by atoms with Crippen LogP contribution in [0.5, 0.6) is 0 Å².